The summed E-state index contributed by atoms with van der Waals surface area (Å²) in [5.41, 5.74) is 6.79. The zero-order chi connectivity index (χ0) is 10.7. The monoisotopic (exact) mass is 206 g/mol. The smallest absolute Gasteiger partial charge is 0.225 e. The van der Waals surface area contributed by atoms with Crippen LogP contribution in [0.3, 0.4) is 0 Å². The second-order valence-corrected chi connectivity index (χ2v) is 4.08. The van der Waals surface area contributed by atoms with Crippen molar-refractivity contribution in [3.05, 3.63) is 18.0 Å². The Morgan fingerprint density at radius 2 is 2.40 bits per heavy atom. The van der Waals surface area contributed by atoms with Crippen LogP contribution in [0.4, 0.5) is 5.95 Å². The summed E-state index contributed by atoms with van der Waals surface area (Å²) >= 11 is 0. The van der Waals surface area contributed by atoms with Crippen molar-refractivity contribution in [3.63, 3.8) is 0 Å². The molecule has 1 aromatic heterocycles. The maximum atomic E-state index is 5.77. The van der Waals surface area contributed by atoms with Crippen LogP contribution in [0.5, 0.6) is 0 Å². The number of nitrogens with zero attached hydrogens (tertiary/aromatic N) is 3. The van der Waals surface area contributed by atoms with Crippen molar-refractivity contribution >= 4 is 5.95 Å². The molecule has 1 atom stereocenters. The summed E-state index contributed by atoms with van der Waals surface area (Å²) < 4.78 is 0. The number of anilines is 1. The van der Waals surface area contributed by atoms with E-state index >= 15 is 0 Å². The molecule has 1 fully saturated rings. The van der Waals surface area contributed by atoms with Crippen LogP contribution in [0, 0.1) is 6.92 Å². The van der Waals surface area contributed by atoms with Crippen molar-refractivity contribution in [1.82, 2.24) is 9.97 Å². The number of hydrogen-bond donors (Lipinski definition) is 1. The molecule has 1 saturated heterocycles. The molecule has 1 aliphatic rings. The number of rotatable bonds is 2. The van der Waals surface area contributed by atoms with Crippen molar-refractivity contribution in [1.29, 1.82) is 0 Å². The number of nitrogens with two attached hydrogens (primary N) is 1. The van der Waals surface area contributed by atoms with Crippen LogP contribution in [0.1, 0.15) is 25.0 Å². The highest BCUT2D eigenvalue weighted by Gasteiger charge is 2.22. The van der Waals surface area contributed by atoms with Crippen molar-refractivity contribution in [2.75, 3.05) is 18.0 Å². The quantitative estimate of drug-likeness (QED) is 0.787. The molecule has 1 aromatic rings. The van der Waals surface area contributed by atoms with Crippen molar-refractivity contribution in [2.24, 2.45) is 5.73 Å². The third kappa shape index (κ3) is 2.26. The summed E-state index contributed by atoms with van der Waals surface area (Å²) in [5.74, 6) is 0.838. The van der Waals surface area contributed by atoms with Crippen molar-refractivity contribution < 1.29 is 0 Å². The topological polar surface area (TPSA) is 55.0 Å². The fraction of sp³-hybridized carbons (Fsp3) is 0.636. The summed E-state index contributed by atoms with van der Waals surface area (Å²) in [5, 5.41) is 0. The fourth-order valence-corrected chi connectivity index (χ4v) is 2.08. The molecule has 4 heteroatoms. The number of aryl methyl sites for hydroxylation is 1. The molecule has 4 nitrogen and oxygen atoms in total. The van der Waals surface area contributed by atoms with Gasteiger partial charge in [-0.05, 0) is 32.3 Å². The largest absolute Gasteiger partial charge is 0.337 e. The highest BCUT2D eigenvalue weighted by molar-refractivity contribution is 5.32. The van der Waals surface area contributed by atoms with E-state index < -0.39 is 0 Å². The normalized spacial score (nSPS) is 21.7. The second kappa shape index (κ2) is 4.57. The molecule has 0 unspecified atom stereocenters. The summed E-state index contributed by atoms with van der Waals surface area (Å²) in [6.45, 7) is 3.72. The number of hydrogen-bond acceptors (Lipinski definition) is 4. The van der Waals surface area contributed by atoms with E-state index in [2.05, 4.69) is 14.9 Å². The first kappa shape index (κ1) is 10.4. The summed E-state index contributed by atoms with van der Waals surface area (Å²) in [4.78, 5) is 11.0. The first-order chi connectivity index (χ1) is 7.31. The van der Waals surface area contributed by atoms with Gasteiger partial charge in [0, 0.05) is 31.0 Å². The summed E-state index contributed by atoms with van der Waals surface area (Å²) in [6, 6.07) is 2.34. The molecular formula is C11H18N4. The molecule has 0 amide bonds. The molecule has 0 aliphatic carbocycles. The van der Waals surface area contributed by atoms with Crippen LogP contribution in [-0.4, -0.2) is 29.1 Å². The highest BCUT2D eigenvalue weighted by atomic mass is 15.3. The second-order valence-electron chi connectivity index (χ2n) is 4.08. The van der Waals surface area contributed by atoms with Crippen LogP contribution in [0.25, 0.3) is 0 Å². The Morgan fingerprint density at radius 1 is 1.53 bits per heavy atom. The lowest BCUT2D eigenvalue weighted by Gasteiger charge is -2.35. The minimum atomic E-state index is 0.417. The standard InChI is InChI=1S/C11H18N4/c1-9-5-6-13-11(14-9)15-7-3-2-4-10(15)8-12/h5-6,10H,2-4,7-8,12H2,1H3/t10-/m0/s1. The molecule has 2 heterocycles. The van der Waals surface area contributed by atoms with Gasteiger partial charge in [-0.25, -0.2) is 9.97 Å². The van der Waals surface area contributed by atoms with E-state index in [1.54, 1.807) is 0 Å². The Balaban J connectivity index is 2.20. The third-order valence-electron chi connectivity index (χ3n) is 2.94. The van der Waals surface area contributed by atoms with Gasteiger partial charge in [0.2, 0.25) is 5.95 Å². The van der Waals surface area contributed by atoms with E-state index in [9.17, 15) is 0 Å². The van der Waals surface area contributed by atoms with Crippen molar-refractivity contribution in [3.8, 4) is 0 Å². The third-order valence-corrected chi connectivity index (χ3v) is 2.94. The van der Waals surface area contributed by atoms with Gasteiger partial charge in [-0.3, -0.25) is 0 Å². The van der Waals surface area contributed by atoms with Gasteiger partial charge in [-0.2, -0.15) is 0 Å². The Morgan fingerprint density at radius 3 is 3.13 bits per heavy atom. The molecule has 0 aromatic carbocycles. The van der Waals surface area contributed by atoms with E-state index in [0.29, 0.717) is 12.6 Å². The van der Waals surface area contributed by atoms with Crippen LogP contribution in [0.2, 0.25) is 0 Å². The lowest BCUT2D eigenvalue weighted by molar-refractivity contribution is 0.458. The minimum absolute atomic E-state index is 0.417. The molecule has 82 valence electrons. The van der Waals surface area contributed by atoms with Crippen molar-refractivity contribution in [2.45, 2.75) is 32.2 Å². The predicted molar refractivity (Wildman–Crippen MR) is 60.8 cm³/mol. The van der Waals surface area contributed by atoms with Gasteiger partial charge in [0.15, 0.2) is 0 Å². The number of piperidine rings is 1. The zero-order valence-corrected chi connectivity index (χ0v) is 9.19. The van der Waals surface area contributed by atoms with E-state index in [4.69, 9.17) is 5.73 Å². The van der Waals surface area contributed by atoms with Crippen LogP contribution in [-0.2, 0) is 0 Å². The Labute approximate surface area is 90.5 Å². The van der Waals surface area contributed by atoms with Gasteiger partial charge in [0.25, 0.3) is 0 Å². The highest BCUT2D eigenvalue weighted by Crippen LogP contribution is 2.20. The average Bonchev–Trinajstić information content (AvgIpc) is 2.29. The van der Waals surface area contributed by atoms with Crippen LogP contribution in [0.15, 0.2) is 12.3 Å². The van der Waals surface area contributed by atoms with E-state index in [0.717, 1.165) is 24.6 Å². The van der Waals surface area contributed by atoms with Gasteiger partial charge in [0.05, 0.1) is 0 Å². The molecule has 1 aliphatic heterocycles. The van der Waals surface area contributed by atoms with Gasteiger partial charge in [-0.1, -0.05) is 0 Å². The van der Waals surface area contributed by atoms with Crippen LogP contribution >= 0.6 is 0 Å². The SMILES string of the molecule is Cc1ccnc(N2CCCC[C@H]2CN)n1. The van der Waals surface area contributed by atoms with Gasteiger partial charge in [0.1, 0.15) is 0 Å². The Hall–Kier alpha value is -1.16. The van der Waals surface area contributed by atoms with E-state index in [1.165, 1.54) is 12.8 Å². The molecule has 2 N–H and O–H groups in total. The van der Waals surface area contributed by atoms with Gasteiger partial charge < -0.3 is 10.6 Å². The van der Waals surface area contributed by atoms with Gasteiger partial charge in [-0.15, -0.1) is 0 Å². The van der Waals surface area contributed by atoms with E-state index in [-0.39, 0.29) is 0 Å². The molecule has 0 saturated carbocycles. The maximum Gasteiger partial charge on any atom is 0.225 e. The zero-order valence-electron chi connectivity index (χ0n) is 9.19. The summed E-state index contributed by atoms with van der Waals surface area (Å²) in [7, 11) is 0. The molecular weight excluding hydrogens is 188 g/mol. The average molecular weight is 206 g/mol. The minimum Gasteiger partial charge on any atom is -0.337 e. The number of aromatic nitrogens is 2. The molecule has 0 radical (unpaired) electrons. The van der Waals surface area contributed by atoms with Gasteiger partial charge >= 0.3 is 0 Å². The molecule has 2 rings (SSSR count). The van der Waals surface area contributed by atoms with Crippen LogP contribution < -0.4 is 10.6 Å². The van der Waals surface area contributed by atoms with E-state index in [1.807, 2.05) is 19.2 Å². The first-order valence-corrected chi connectivity index (χ1v) is 5.57. The molecule has 0 spiro atoms. The Bertz CT molecular complexity index is 326. The molecule has 0 bridgehead atoms. The fourth-order valence-electron chi connectivity index (χ4n) is 2.08. The first-order valence-electron chi connectivity index (χ1n) is 5.57. The lowest BCUT2D eigenvalue weighted by Crippen LogP contribution is -2.45. The Kier molecular flexibility index (Phi) is 3.16. The maximum absolute atomic E-state index is 5.77. The predicted octanol–water partition coefficient (Wildman–Crippen LogP) is 1.10. The molecule has 15 heavy (non-hydrogen) atoms. The summed E-state index contributed by atoms with van der Waals surface area (Å²) in [6.07, 6.45) is 5.46. The lowest BCUT2D eigenvalue weighted by atomic mass is 10.0.